The number of methoxy groups -OCH3 is 1. The second kappa shape index (κ2) is 11.6. The van der Waals surface area contributed by atoms with Crippen LogP contribution < -0.4 is 10.6 Å². The van der Waals surface area contributed by atoms with Crippen molar-refractivity contribution >= 4 is 46.1 Å². The smallest absolute Gasteiger partial charge is 0.325 e. The number of para-hydroxylation sites is 1. The molecule has 0 fully saturated rings. The molecule has 0 aliphatic carbocycles. The summed E-state index contributed by atoms with van der Waals surface area (Å²) in [5, 5.41) is 16.2. The van der Waals surface area contributed by atoms with Crippen LogP contribution in [0.2, 0.25) is 0 Å². The zero-order chi connectivity index (χ0) is 30.0. The van der Waals surface area contributed by atoms with E-state index in [0.29, 0.717) is 33.8 Å². The highest BCUT2D eigenvalue weighted by Crippen LogP contribution is 2.35. The lowest BCUT2D eigenvalue weighted by Crippen LogP contribution is -2.30. The van der Waals surface area contributed by atoms with E-state index in [1.165, 1.54) is 18.6 Å². The van der Waals surface area contributed by atoms with Gasteiger partial charge in [-0.3, -0.25) is 28.1 Å². The number of carboxylic acid groups (broad SMARTS) is 1. The number of esters is 1. The van der Waals surface area contributed by atoms with Gasteiger partial charge >= 0.3 is 11.9 Å². The summed E-state index contributed by atoms with van der Waals surface area (Å²) in [6.07, 6.45) is 3.05. The summed E-state index contributed by atoms with van der Waals surface area (Å²) in [6.45, 7) is 3.25. The first kappa shape index (κ1) is 28.1. The predicted octanol–water partition coefficient (Wildman–Crippen LogP) is 4.46. The minimum absolute atomic E-state index is 0.141. The molecule has 3 aromatic heterocycles. The van der Waals surface area contributed by atoms with Crippen molar-refractivity contribution in [1.82, 2.24) is 19.3 Å². The summed E-state index contributed by atoms with van der Waals surface area (Å²) < 4.78 is 8.03. The summed E-state index contributed by atoms with van der Waals surface area (Å²) in [7, 11) is 1.29. The van der Waals surface area contributed by atoms with Crippen LogP contribution in [0.5, 0.6) is 0 Å². The van der Waals surface area contributed by atoms with Gasteiger partial charge in [-0.05, 0) is 30.7 Å². The summed E-state index contributed by atoms with van der Waals surface area (Å²) in [6, 6.07) is 17.2. The average molecular weight is 568 g/mol. The molecule has 1 atom stereocenters. The molecule has 0 saturated heterocycles. The largest absolute Gasteiger partial charge is 0.481 e. The standard InChI is InChI=1S/C31H29N5O6/c1-18-8-10-20(11-9-18)24(15-27(38)39)33-31(41)21-12-13-35-26(14-21)34-29(30(35)32-16-28(40)42-3)23-17-36(19(2)37)25-7-5-4-6-22(23)25/h4-14,17,24,32H,15-16H2,1-3H3,(H,33,41)(H,38,39). The molecule has 5 rings (SSSR count). The van der Waals surface area contributed by atoms with Gasteiger partial charge in [-0.25, -0.2) is 4.98 Å². The van der Waals surface area contributed by atoms with Gasteiger partial charge in [-0.1, -0.05) is 48.0 Å². The highest BCUT2D eigenvalue weighted by Gasteiger charge is 2.23. The van der Waals surface area contributed by atoms with Gasteiger partial charge in [0.15, 0.2) is 0 Å². The number of rotatable bonds is 9. The number of aliphatic carboxylic acids is 1. The van der Waals surface area contributed by atoms with Crippen LogP contribution in [0.25, 0.3) is 27.8 Å². The van der Waals surface area contributed by atoms with Crippen molar-refractivity contribution in [3.8, 4) is 11.3 Å². The first-order valence-electron chi connectivity index (χ1n) is 13.2. The van der Waals surface area contributed by atoms with E-state index in [1.54, 1.807) is 41.1 Å². The molecule has 0 radical (unpaired) electrons. The number of carbonyl (C=O) groups is 4. The van der Waals surface area contributed by atoms with E-state index in [-0.39, 0.29) is 24.4 Å². The number of nitrogens with one attached hydrogen (secondary N) is 2. The molecule has 0 bridgehead atoms. The maximum Gasteiger partial charge on any atom is 0.325 e. The Morgan fingerprint density at radius 3 is 2.48 bits per heavy atom. The van der Waals surface area contributed by atoms with E-state index in [0.717, 1.165) is 10.9 Å². The number of anilines is 1. The van der Waals surface area contributed by atoms with Crippen LogP contribution in [-0.4, -0.2) is 56.5 Å². The van der Waals surface area contributed by atoms with E-state index >= 15 is 0 Å². The number of imidazole rings is 1. The van der Waals surface area contributed by atoms with Gasteiger partial charge < -0.3 is 20.5 Å². The fourth-order valence-corrected chi connectivity index (χ4v) is 4.87. The lowest BCUT2D eigenvalue weighted by atomic mass is 10.0. The number of carbonyl (C=O) groups excluding carboxylic acids is 3. The average Bonchev–Trinajstić information content (AvgIpc) is 3.53. The number of hydrogen-bond acceptors (Lipinski definition) is 7. The van der Waals surface area contributed by atoms with Crippen molar-refractivity contribution in [2.24, 2.45) is 0 Å². The number of aryl methyl sites for hydroxylation is 1. The molecule has 5 aromatic rings. The summed E-state index contributed by atoms with van der Waals surface area (Å²) in [5.74, 6) is -1.70. The molecule has 214 valence electrons. The Labute approximate surface area is 240 Å². The van der Waals surface area contributed by atoms with Gasteiger partial charge in [0.1, 0.15) is 23.7 Å². The molecule has 1 amide bonds. The van der Waals surface area contributed by atoms with Crippen molar-refractivity contribution in [3.05, 3.63) is 89.7 Å². The molecular weight excluding hydrogens is 538 g/mol. The molecule has 3 N–H and O–H groups in total. The molecule has 1 unspecified atom stereocenters. The number of benzene rings is 2. The van der Waals surface area contributed by atoms with Gasteiger partial charge in [-0.2, -0.15) is 0 Å². The Kier molecular flexibility index (Phi) is 7.74. The Balaban J connectivity index is 1.57. The molecule has 11 nitrogen and oxygen atoms in total. The van der Waals surface area contributed by atoms with Gasteiger partial charge in [0, 0.05) is 35.8 Å². The second-order valence-corrected chi connectivity index (χ2v) is 9.87. The Morgan fingerprint density at radius 2 is 1.79 bits per heavy atom. The van der Waals surface area contributed by atoms with Crippen molar-refractivity contribution < 1.29 is 29.0 Å². The fraction of sp³-hybridized carbons (Fsp3) is 0.194. The van der Waals surface area contributed by atoms with Crippen LogP contribution in [0.1, 0.15) is 45.7 Å². The number of nitrogens with zero attached hydrogens (tertiary/aromatic N) is 3. The van der Waals surface area contributed by atoms with Crippen LogP contribution in [0.4, 0.5) is 5.82 Å². The molecule has 0 aliphatic heterocycles. The molecule has 42 heavy (non-hydrogen) atoms. The Bertz CT molecular complexity index is 1840. The van der Waals surface area contributed by atoms with Crippen molar-refractivity contribution in [1.29, 1.82) is 0 Å². The third-order valence-electron chi connectivity index (χ3n) is 6.99. The molecule has 3 heterocycles. The molecule has 2 aromatic carbocycles. The van der Waals surface area contributed by atoms with Gasteiger partial charge in [-0.15, -0.1) is 0 Å². The van der Waals surface area contributed by atoms with E-state index < -0.39 is 23.9 Å². The zero-order valence-electron chi connectivity index (χ0n) is 23.2. The Hall–Kier alpha value is -5.45. The summed E-state index contributed by atoms with van der Waals surface area (Å²) in [5.41, 5.74) is 4.19. The molecule has 0 aliphatic rings. The SMILES string of the molecule is COC(=O)CNc1c(-c2cn(C(C)=O)c3ccccc23)nc2cc(C(=O)NC(CC(=O)O)c3ccc(C)cc3)ccn12. The fourth-order valence-electron chi connectivity index (χ4n) is 4.87. The number of carboxylic acids is 1. The van der Waals surface area contributed by atoms with Crippen LogP contribution in [0, 0.1) is 6.92 Å². The third-order valence-corrected chi connectivity index (χ3v) is 6.99. The molecule has 11 heteroatoms. The Morgan fingerprint density at radius 1 is 1.05 bits per heavy atom. The van der Waals surface area contributed by atoms with Crippen LogP contribution in [0.15, 0.2) is 73.1 Å². The number of aromatic nitrogens is 3. The van der Waals surface area contributed by atoms with Crippen LogP contribution >= 0.6 is 0 Å². The highest BCUT2D eigenvalue weighted by atomic mass is 16.5. The lowest BCUT2D eigenvalue weighted by molar-refractivity contribution is -0.139. The zero-order valence-corrected chi connectivity index (χ0v) is 23.2. The van der Waals surface area contributed by atoms with E-state index in [1.807, 2.05) is 43.3 Å². The third kappa shape index (κ3) is 5.57. The van der Waals surface area contributed by atoms with Gasteiger partial charge in [0.2, 0.25) is 5.91 Å². The maximum atomic E-state index is 13.3. The highest BCUT2D eigenvalue weighted by molar-refractivity contribution is 6.03. The van der Waals surface area contributed by atoms with Crippen molar-refractivity contribution in [2.75, 3.05) is 19.0 Å². The number of fused-ring (bicyclic) bond motifs is 2. The predicted molar refractivity (Wildman–Crippen MR) is 157 cm³/mol. The number of ether oxygens (including phenoxy) is 1. The first-order chi connectivity index (χ1) is 20.2. The van der Waals surface area contributed by atoms with Crippen molar-refractivity contribution in [2.45, 2.75) is 26.3 Å². The number of hydrogen-bond donors (Lipinski definition) is 3. The minimum Gasteiger partial charge on any atom is -0.481 e. The molecule has 0 saturated carbocycles. The number of pyridine rings is 1. The monoisotopic (exact) mass is 567 g/mol. The normalized spacial score (nSPS) is 11.8. The summed E-state index contributed by atoms with van der Waals surface area (Å²) >= 11 is 0. The maximum absolute atomic E-state index is 13.3. The van der Waals surface area contributed by atoms with Crippen molar-refractivity contribution in [3.63, 3.8) is 0 Å². The van der Waals surface area contributed by atoms with E-state index in [2.05, 4.69) is 10.6 Å². The van der Waals surface area contributed by atoms with Crippen LogP contribution in [0.3, 0.4) is 0 Å². The molecular formula is C31H29N5O6. The lowest BCUT2D eigenvalue weighted by Gasteiger charge is -2.18. The second-order valence-electron chi connectivity index (χ2n) is 9.87. The van der Waals surface area contributed by atoms with Crippen LogP contribution in [-0.2, 0) is 14.3 Å². The van der Waals surface area contributed by atoms with Gasteiger partial charge in [0.05, 0.1) is 25.1 Å². The van der Waals surface area contributed by atoms with E-state index in [9.17, 15) is 24.3 Å². The van der Waals surface area contributed by atoms with Gasteiger partial charge in [0.25, 0.3) is 5.91 Å². The number of amides is 1. The van der Waals surface area contributed by atoms with E-state index in [4.69, 9.17) is 9.72 Å². The summed E-state index contributed by atoms with van der Waals surface area (Å²) in [4.78, 5) is 54.1. The molecule has 0 spiro atoms. The minimum atomic E-state index is -1.04. The quantitative estimate of drug-likeness (QED) is 0.222. The first-order valence-corrected chi connectivity index (χ1v) is 13.2. The topological polar surface area (TPSA) is 144 Å².